The molecule has 7 heteroatoms. The van der Waals surface area contributed by atoms with Gasteiger partial charge in [-0.25, -0.2) is 0 Å². The van der Waals surface area contributed by atoms with Crippen molar-refractivity contribution in [3.8, 4) is 17.2 Å². The number of nitrogens with zero attached hydrogens (tertiary/aromatic N) is 1. The van der Waals surface area contributed by atoms with Crippen molar-refractivity contribution in [3.05, 3.63) is 52.5 Å². The van der Waals surface area contributed by atoms with Crippen molar-refractivity contribution < 1.29 is 23.0 Å². The molecule has 2 unspecified atom stereocenters. The van der Waals surface area contributed by atoms with Gasteiger partial charge in [-0.15, -0.1) is 0 Å². The van der Waals surface area contributed by atoms with E-state index >= 15 is 0 Å². The molecule has 0 aromatic heterocycles. The molecule has 0 amide bonds. The Hall–Kier alpha value is -2.05. The van der Waals surface area contributed by atoms with Crippen LogP contribution < -0.4 is 14.2 Å². The van der Waals surface area contributed by atoms with E-state index < -0.39 is 6.61 Å². The average molecular weight is 412 g/mol. The van der Waals surface area contributed by atoms with Gasteiger partial charge in [-0.05, 0) is 42.2 Å². The fourth-order valence-electron chi connectivity index (χ4n) is 3.88. The molecular weight excluding hydrogens is 388 g/mol. The fraction of sp³-hybridized carbons (Fsp3) is 0.429. The molecule has 4 nitrogen and oxygen atoms in total. The van der Waals surface area contributed by atoms with E-state index in [1.54, 1.807) is 26.4 Å². The molecule has 0 aliphatic carbocycles. The largest absolute Gasteiger partial charge is 0.496 e. The highest BCUT2D eigenvalue weighted by Crippen LogP contribution is 2.44. The van der Waals surface area contributed by atoms with Crippen LogP contribution in [0.5, 0.6) is 17.2 Å². The molecule has 2 aromatic rings. The smallest absolute Gasteiger partial charge is 0.387 e. The Morgan fingerprint density at radius 3 is 2.36 bits per heavy atom. The maximum absolute atomic E-state index is 12.4. The molecule has 28 heavy (non-hydrogen) atoms. The first-order valence-corrected chi connectivity index (χ1v) is 9.48. The van der Waals surface area contributed by atoms with Gasteiger partial charge in [0.25, 0.3) is 0 Å². The third kappa shape index (κ3) is 4.50. The summed E-state index contributed by atoms with van der Waals surface area (Å²) in [5.41, 5.74) is 1.96. The van der Waals surface area contributed by atoms with Crippen LogP contribution >= 0.6 is 11.6 Å². The molecular formula is C21H24ClF2NO3. The van der Waals surface area contributed by atoms with Crippen molar-refractivity contribution in [1.82, 2.24) is 4.90 Å². The number of rotatable bonds is 7. The summed E-state index contributed by atoms with van der Waals surface area (Å²) in [5.74, 6) is 2.07. The van der Waals surface area contributed by atoms with Gasteiger partial charge in [0.2, 0.25) is 0 Å². The van der Waals surface area contributed by atoms with E-state index in [2.05, 4.69) is 16.6 Å². The topological polar surface area (TPSA) is 30.9 Å². The Kier molecular flexibility index (Phi) is 6.62. The molecule has 152 valence electrons. The van der Waals surface area contributed by atoms with Crippen LogP contribution in [0.4, 0.5) is 8.78 Å². The van der Waals surface area contributed by atoms with E-state index in [1.807, 2.05) is 18.2 Å². The number of benzene rings is 2. The lowest BCUT2D eigenvalue weighted by molar-refractivity contribution is -0.0498. The maximum Gasteiger partial charge on any atom is 0.387 e. The number of alkyl halides is 2. The second kappa shape index (κ2) is 8.97. The summed E-state index contributed by atoms with van der Waals surface area (Å²) in [5, 5.41) is 0.177. The molecule has 0 saturated carbocycles. The number of halogens is 3. The van der Waals surface area contributed by atoms with Crippen LogP contribution in [-0.2, 0) is 6.54 Å². The Morgan fingerprint density at radius 2 is 1.79 bits per heavy atom. The van der Waals surface area contributed by atoms with Crippen LogP contribution in [0.2, 0.25) is 5.02 Å². The summed E-state index contributed by atoms with van der Waals surface area (Å²) in [6.07, 6.45) is 0.969. The van der Waals surface area contributed by atoms with Crippen LogP contribution in [0.15, 0.2) is 36.4 Å². The molecule has 0 N–H and O–H groups in total. The Balaban J connectivity index is 1.87. The fourth-order valence-corrected chi connectivity index (χ4v) is 4.13. The van der Waals surface area contributed by atoms with E-state index in [4.69, 9.17) is 21.1 Å². The van der Waals surface area contributed by atoms with Gasteiger partial charge in [0, 0.05) is 19.1 Å². The third-order valence-corrected chi connectivity index (χ3v) is 5.31. The van der Waals surface area contributed by atoms with E-state index in [1.165, 1.54) is 6.07 Å². The summed E-state index contributed by atoms with van der Waals surface area (Å²) in [6.45, 7) is 0.843. The van der Waals surface area contributed by atoms with Gasteiger partial charge >= 0.3 is 6.61 Å². The summed E-state index contributed by atoms with van der Waals surface area (Å²) < 4.78 is 40.5. The van der Waals surface area contributed by atoms with E-state index in [-0.39, 0.29) is 16.8 Å². The second-order valence-corrected chi connectivity index (χ2v) is 7.41. The second-order valence-electron chi connectivity index (χ2n) is 7.01. The first-order valence-electron chi connectivity index (χ1n) is 9.11. The van der Waals surface area contributed by atoms with Crippen LogP contribution in [0, 0.1) is 5.92 Å². The van der Waals surface area contributed by atoms with Gasteiger partial charge in [0.05, 0.1) is 24.8 Å². The van der Waals surface area contributed by atoms with Gasteiger partial charge in [0.15, 0.2) is 0 Å². The number of hydrogen-bond acceptors (Lipinski definition) is 4. The van der Waals surface area contributed by atoms with Gasteiger partial charge in [-0.3, -0.25) is 4.90 Å². The highest BCUT2D eigenvalue weighted by molar-refractivity contribution is 6.32. The molecule has 0 bridgehead atoms. The molecule has 1 aliphatic heterocycles. The first kappa shape index (κ1) is 20.7. The SMILES string of the molecule is COc1cccc(OC)c1C1CC(C)CN1Cc1ccc(OC(F)F)c(Cl)c1. The van der Waals surface area contributed by atoms with Crippen molar-refractivity contribution in [2.45, 2.75) is 32.5 Å². The zero-order chi connectivity index (χ0) is 20.3. The number of likely N-dealkylation sites (tertiary alicyclic amines) is 1. The van der Waals surface area contributed by atoms with Crippen LogP contribution in [0.25, 0.3) is 0 Å². The van der Waals surface area contributed by atoms with Gasteiger partial charge in [-0.2, -0.15) is 8.78 Å². The van der Waals surface area contributed by atoms with Crippen molar-refractivity contribution in [1.29, 1.82) is 0 Å². The monoisotopic (exact) mass is 411 g/mol. The Labute approximate surface area is 169 Å². The molecule has 3 rings (SSSR count). The van der Waals surface area contributed by atoms with Crippen molar-refractivity contribution in [2.24, 2.45) is 5.92 Å². The Bertz CT molecular complexity index is 796. The molecule has 1 saturated heterocycles. The van der Waals surface area contributed by atoms with Crippen LogP contribution in [0.1, 0.15) is 30.5 Å². The first-order chi connectivity index (χ1) is 13.4. The lowest BCUT2D eigenvalue weighted by Crippen LogP contribution is -2.24. The minimum Gasteiger partial charge on any atom is -0.496 e. The zero-order valence-corrected chi connectivity index (χ0v) is 16.9. The minimum absolute atomic E-state index is 0.0156. The predicted molar refractivity (Wildman–Crippen MR) is 105 cm³/mol. The van der Waals surface area contributed by atoms with Gasteiger partial charge in [-0.1, -0.05) is 30.7 Å². The summed E-state index contributed by atoms with van der Waals surface area (Å²) in [4.78, 5) is 2.34. The Morgan fingerprint density at radius 1 is 1.11 bits per heavy atom. The number of hydrogen-bond donors (Lipinski definition) is 0. The summed E-state index contributed by atoms with van der Waals surface area (Å²) in [6, 6.07) is 10.8. The molecule has 0 radical (unpaired) electrons. The van der Waals surface area contributed by atoms with Crippen LogP contribution in [0.3, 0.4) is 0 Å². The van der Waals surface area contributed by atoms with Crippen molar-refractivity contribution in [2.75, 3.05) is 20.8 Å². The summed E-state index contributed by atoms with van der Waals surface area (Å²) in [7, 11) is 3.31. The van der Waals surface area contributed by atoms with Crippen LogP contribution in [-0.4, -0.2) is 32.3 Å². The molecule has 0 spiro atoms. The number of methoxy groups -OCH3 is 2. The molecule has 1 aliphatic rings. The lowest BCUT2D eigenvalue weighted by Gasteiger charge is -2.27. The van der Waals surface area contributed by atoms with Crippen molar-refractivity contribution >= 4 is 11.6 Å². The van der Waals surface area contributed by atoms with E-state index in [0.29, 0.717) is 12.5 Å². The maximum atomic E-state index is 12.4. The molecule has 2 aromatic carbocycles. The van der Waals surface area contributed by atoms with Crippen molar-refractivity contribution in [3.63, 3.8) is 0 Å². The quantitative estimate of drug-likeness (QED) is 0.598. The standard InChI is InChI=1S/C21H24ClF2NO3/c1-13-9-16(20-18(26-2)5-4-6-19(20)27-3)25(11-13)12-14-7-8-17(15(22)10-14)28-21(23)24/h4-8,10,13,16,21H,9,11-12H2,1-3H3. The normalized spacial score (nSPS) is 19.8. The molecule has 2 atom stereocenters. The molecule has 1 heterocycles. The van der Waals surface area contributed by atoms with Gasteiger partial charge < -0.3 is 14.2 Å². The third-order valence-electron chi connectivity index (χ3n) is 5.01. The van der Waals surface area contributed by atoms with Gasteiger partial charge in [0.1, 0.15) is 17.2 Å². The highest BCUT2D eigenvalue weighted by atomic mass is 35.5. The minimum atomic E-state index is -2.90. The highest BCUT2D eigenvalue weighted by Gasteiger charge is 2.34. The number of ether oxygens (including phenoxy) is 3. The summed E-state index contributed by atoms with van der Waals surface area (Å²) >= 11 is 6.12. The zero-order valence-electron chi connectivity index (χ0n) is 16.1. The predicted octanol–water partition coefficient (Wildman–Crippen LogP) is 5.54. The lowest BCUT2D eigenvalue weighted by atomic mass is 9.98. The van der Waals surface area contributed by atoms with E-state index in [9.17, 15) is 8.78 Å². The average Bonchev–Trinajstić information content (AvgIpc) is 3.02. The molecule has 1 fully saturated rings. The van der Waals surface area contributed by atoms with E-state index in [0.717, 1.165) is 35.6 Å².